The number of methoxy groups -OCH3 is 1. The van der Waals surface area contributed by atoms with Crippen molar-refractivity contribution < 1.29 is 9.26 Å². The van der Waals surface area contributed by atoms with Crippen molar-refractivity contribution >= 4 is 11.5 Å². The molecule has 2 N–H and O–H groups in total. The van der Waals surface area contributed by atoms with Crippen LogP contribution in [0.25, 0.3) is 17.0 Å². The van der Waals surface area contributed by atoms with E-state index in [9.17, 15) is 0 Å². The lowest BCUT2D eigenvalue weighted by Crippen LogP contribution is -2.35. The molecule has 0 radical (unpaired) electrons. The molecule has 1 saturated heterocycles. The summed E-state index contributed by atoms with van der Waals surface area (Å²) in [5.41, 5.74) is 10.5. The van der Waals surface area contributed by atoms with Gasteiger partial charge in [0.25, 0.3) is 0 Å². The first-order valence-corrected chi connectivity index (χ1v) is 11.6. The molecule has 1 aliphatic heterocycles. The lowest BCUT2D eigenvalue weighted by atomic mass is 10.1. The van der Waals surface area contributed by atoms with E-state index in [0.29, 0.717) is 17.7 Å². The Morgan fingerprint density at radius 3 is 2.53 bits per heavy atom. The smallest absolute Gasteiger partial charge is 0.231 e. The molecule has 1 fully saturated rings. The van der Waals surface area contributed by atoms with Gasteiger partial charge in [0.2, 0.25) is 11.7 Å². The van der Waals surface area contributed by atoms with Gasteiger partial charge in [-0.15, -0.1) is 0 Å². The Morgan fingerprint density at radius 2 is 1.91 bits per heavy atom. The van der Waals surface area contributed by atoms with Gasteiger partial charge >= 0.3 is 0 Å². The highest BCUT2D eigenvalue weighted by molar-refractivity contribution is 5.78. The summed E-state index contributed by atoms with van der Waals surface area (Å²) in [6.45, 7) is 7.80. The number of ether oxygens (including phenoxy) is 1. The Bertz CT molecular complexity index is 1090. The molecule has 2 heterocycles. The molecule has 0 amide bonds. The van der Waals surface area contributed by atoms with Gasteiger partial charge < -0.3 is 19.9 Å². The number of likely N-dealkylation sites (tertiary alicyclic amines) is 1. The van der Waals surface area contributed by atoms with Crippen LogP contribution < -0.4 is 5.73 Å². The fraction of sp³-hybridized carbons (Fsp3) is 0.370. The van der Waals surface area contributed by atoms with E-state index in [1.807, 2.05) is 49.1 Å². The van der Waals surface area contributed by atoms with Crippen LogP contribution in [-0.4, -0.2) is 48.2 Å². The molecule has 180 valence electrons. The molecular formula is C27H35N5O2. The fourth-order valence-electron chi connectivity index (χ4n) is 3.74. The van der Waals surface area contributed by atoms with E-state index in [0.717, 1.165) is 25.1 Å². The average Bonchev–Trinajstić information content (AvgIpc) is 3.58. The first kappa shape index (κ1) is 25.2. The number of aromatic nitrogens is 2. The lowest BCUT2D eigenvalue weighted by molar-refractivity contribution is 0.119. The van der Waals surface area contributed by atoms with E-state index >= 15 is 0 Å². The summed E-state index contributed by atoms with van der Waals surface area (Å²) in [4.78, 5) is 10.7. The van der Waals surface area contributed by atoms with Gasteiger partial charge in [-0.1, -0.05) is 65.8 Å². The van der Waals surface area contributed by atoms with Gasteiger partial charge in [-0.05, 0) is 43.9 Å². The van der Waals surface area contributed by atoms with Crippen LogP contribution in [0.4, 0.5) is 0 Å². The van der Waals surface area contributed by atoms with E-state index in [4.69, 9.17) is 15.0 Å². The quantitative estimate of drug-likeness (QED) is 0.410. The second kappa shape index (κ2) is 12.1. The maximum absolute atomic E-state index is 5.87. The van der Waals surface area contributed by atoms with Crippen LogP contribution in [0.15, 0.2) is 70.2 Å². The van der Waals surface area contributed by atoms with Crippen molar-refractivity contribution in [2.45, 2.75) is 39.2 Å². The summed E-state index contributed by atoms with van der Waals surface area (Å²) in [6, 6.07) is 18.4. The summed E-state index contributed by atoms with van der Waals surface area (Å²) in [5.74, 6) is 2.07. The number of rotatable bonds is 5. The standard InChI is InChI=1S/C18H23N5O.C9H12O/c1-4-12(2)13-5-7-14(8-6-13)16-21-17(24-22-16)15-9-10-23(11-15)18(19)20-3;1-8(10-2)9-6-4-3-5-7-9/h4-8,15H,9-11H2,1-3H3,(H2,19,20);3-8H,1-2H3/b12-4+;. The van der Waals surface area contributed by atoms with Crippen LogP contribution in [0.3, 0.4) is 0 Å². The second-order valence-electron chi connectivity index (χ2n) is 8.31. The van der Waals surface area contributed by atoms with Crippen LogP contribution >= 0.6 is 0 Å². The van der Waals surface area contributed by atoms with Crippen molar-refractivity contribution in [2.24, 2.45) is 10.7 Å². The number of nitrogens with two attached hydrogens (primary N) is 1. The highest BCUT2D eigenvalue weighted by atomic mass is 16.5. The van der Waals surface area contributed by atoms with Crippen molar-refractivity contribution in [2.75, 3.05) is 27.2 Å². The number of guanidine groups is 1. The number of hydrogen-bond donors (Lipinski definition) is 1. The molecule has 4 rings (SSSR count). The second-order valence-corrected chi connectivity index (χ2v) is 8.31. The molecule has 3 aromatic rings. The minimum atomic E-state index is 0.205. The van der Waals surface area contributed by atoms with Crippen LogP contribution in [0.1, 0.15) is 56.2 Å². The third-order valence-electron chi connectivity index (χ3n) is 6.19. The van der Waals surface area contributed by atoms with Crippen LogP contribution in [0, 0.1) is 0 Å². The summed E-state index contributed by atoms with van der Waals surface area (Å²) in [7, 11) is 3.42. The Balaban J connectivity index is 0.000000271. The Labute approximate surface area is 202 Å². The van der Waals surface area contributed by atoms with Crippen molar-refractivity contribution in [3.63, 3.8) is 0 Å². The predicted octanol–water partition coefficient (Wildman–Crippen LogP) is 5.29. The summed E-state index contributed by atoms with van der Waals surface area (Å²) in [5, 5.41) is 4.14. The van der Waals surface area contributed by atoms with E-state index in [-0.39, 0.29) is 12.0 Å². The van der Waals surface area contributed by atoms with Gasteiger partial charge in [0.05, 0.1) is 12.0 Å². The molecule has 0 spiro atoms. The van der Waals surface area contributed by atoms with Gasteiger partial charge in [0.1, 0.15) is 0 Å². The maximum atomic E-state index is 5.87. The largest absolute Gasteiger partial charge is 0.377 e. The van der Waals surface area contributed by atoms with E-state index in [1.54, 1.807) is 14.2 Å². The highest BCUT2D eigenvalue weighted by Crippen LogP contribution is 2.28. The summed E-state index contributed by atoms with van der Waals surface area (Å²) >= 11 is 0. The number of benzene rings is 2. The Kier molecular flexibility index (Phi) is 8.99. The van der Waals surface area contributed by atoms with E-state index in [1.165, 1.54) is 16.7 Å². The average molecular weight is 462 g/mol. The minimum absolute atomic E-state index is 0.205. The fourth-order valence-corrected chi connectivity index (χ4v) is 3.74. The SMILES string of the molecule is C/C=C(\C)c1ccc(-c2noc(C3CCN(C(N)=NC)C3)n2)cc1.COC(C)c1ccccc1. The van der Waals surface area contributed by atoms with Gasteiger partial charge in [-0.2, -0.15) is 4.98 Å². The zero-order chi connectivity index (χ0) is 24.5. The van der Waals surface area contributed by atoms with Crippen molar-refractivity contribution in [3.8, 4) is 11.4 Å². The zero-order valence-corrected chi connectivity index (χ0v) is 20.7. The van der Waals surface area contributed by atoms with Gasteiger partial charge in [-0.3, -0.25) is 4.99 Å². The third kappa shape index (κ3) is 6.32. The summed E-state index contributed by atoms with van der Waals surface area (Å²) < 4.78 is 10.6. The molecule has 0 saturated carbocycles. The normalized spacial score (nSPS) is 17.3. The van der Waals surface area contributed by atoms with Crippen molar-refractivity contribution in [1.29, 1.82) is 0 Å². The molecule has 34 heavy (non-hydrogen) atoms. The monoisotopic (exact) mass is 461 g/mol. The molecule has 0 bridgehead atoms. The molecular weight excluding hydrogens is 426 g/mol. The molecule has 1 aromatic heterocycles. The highest BCUT2D eigenvalue weighted by Gasteiger charge is 2.29. The number of nitrogens with zero attached hydrogens (tertiary/aromatic N) is 4. The van der Waals surface area contributed by atoms with Gasteiger partial charge in [0.15, 0.2) is 5.96 Å². The molecule has 1 aliphatic rings. The van der Waals surface area contributed by atoms with E-state index in [2.05, 4.69) is 52.4 Å². The van der Waals surface area contributed by atoms with E-state index < -0.39 is 0 Å². The maximum Gasteiger partial charge on any atom is 0.231 e. The molecule has 7 heteroatoms. The third-order valence-corrected chi connectivity index (χ3v) is 6.19. The number of hydrogen-bond acceptors (Lipinski definition) is 5. The van der Waals surface area contributed by atoms with Crippen LogP contribution in [0.2, 0.25) is 0 Å². The van der Waals surface area contributed by atoms with Crippen molar-refractivity contribution in [3.05, 3.63) is 77.7 Å². The minimum Gasteiger partial charge on any atom is -0.377 e. The Hall–Kier alpha value is -3.45. The number of aliphatic imine (C=N–C) groups is 1. The van der Waals surface area contributed by atoms with Crippen LogP contribution in [0.5, 0.6) is 0 Å². The van der Waals surface area contributed by atoms with Gasteiger partial charge in [-0.25, -0.2) is 0 Å². The molecule has 2 unspecified atom stereocenters. The zero-order valence-electron chi connectivity index (χ0n) is 20.7. The molecule has 7 nitrogen and oxygen atoms in total. The number of allylic oxidation sites excluding steroid dienone is 2. The topological polar surface area (TPSA) is 89.8 Å². The molecule has 0 aliphatic carbocycles. The first-order valence-electron chi connectivity index (χ1n) is 11.6. The first-order chi connectivity index (χ1) is 16.5. The predicted molar refractivity (Wildman–Crippen MR) is 137 cm³/mol. The van der Waals surface area contributed by atoms with Crippen molar-refractivity contribution in [1.82, 2.24) is 15.0 Å². The van der Waals surface area contributed by atoms with Crippen LogP contribution in [-0.2, 0) is 4.74 Å². The molecule has 2 atom stereocenters. The Morgan fingerprint density at radius 1 is 1.21 bits per heavy atom. The van der Waals surface area contributed by atoms with Gasteiger partial charge in [0, 0.05) is 32.8 Å². The molecule has 2 aromatic carbocycles. The summed E-state index contributed by atoms with van der Waals surface area (Å²) in [6.07, 6.45) is 3.25. The lowest BCUT2D eigenvalue weighted by Gasteiger charge is -2.15.